The van der Waals surface area contributed by atoms with E-state index in [0.29, 0.717) is 19.5 Å². The van der Waals surface area contributed by atoms with Crippen LogP contribution < -0.4 is 5.32 Å². The molecule has 5 nitrogen and oxygen atoms in total. The Bertz CT molecular complexity index is 230. The molecule has 0 saturated carbocycles. The molecule has 1 rings (SSSR count). The number of nitrogens with one attached hydrogen (secondary N) is 1. The highest BCUT2D eigenvalue weighted by Gasteiger charge is 2.28. The highest BCUT2D eigenvalue weighted by molar-refractivity contribution is 5.97. The second-order valence-corrected chi connectivity index (χ2v) is 3.57. The van der Waals surface area contributed by atoms with Crippen molar-refractivity contribution in [1.82, 2.24) is 10.2 Å². The number of nitrogens with zero attached hydrogens (tertiary/aromatic N) is 1. The third-order valence-electron chi connectivity index (χ3n) is 2.30. The van der Waals surface area contributed by atoms with Crippen LogP contribution in [0.15, 0.2) is 0 Å². The van der Waals surface area contributed by atoms with Crippen LogP contribution >= 0.6 is 0 Å². The van der Waals surface area contributed by atoms with Gasteiger partial charge in [0.1, 0.15) is 0 Å². The zero-order valence-corrected chi connectivity index (χ0v) is 8.32. The third kappa shape index (κ3) is 2.70. The van der Waals surface area contributed by atoms with Crippen LogP contribution in [0.2, 0.25) is 0 Å². The molecule has 1 unspecified atom stereocenters. The summed E-state index contributed by atoms with van der Waals surface area (Å²) in [5.41, 5.74) is 0. The van der Waals surface area contributed by atoms with E-state index in [2.05, 4.69) is 5.32 Å². The first-order valence-electron chi connectivity index (χ1n) is 4.85. The molecule has 0 aromatic heterocycles. The molecule has 0 spiro atoms. The fourth-order valence-corrected chi connectivity index (χ4v) is 1.41. The van der Waals surface area contributed by atoms with Gasteiger partial charge in [0.2, 0.25) is 5.91 Å². The summed E-state index contributed by atoms with van der Waals surface area (Å²) in [7, 11) is 0. The molecule has 1 aliphatic rings. The van der Waals surface area contributed by atoms with Gasteiger partial charge in [0.25, 0.3) is 0 Å². The summed E-state index contributed by atoms with van der Waals surface area (Å²) >= 11 is 0. The van der Waals surface area contributed by atoms with Gasteiger partial charge in [0.15, 0.2) is 0 Å². The first-order valence-corrected chi connectivity index (χ1v) is 4.85. The Morgan fingerprint density at radius 1 is 1.50 bits per heavy atom. The summed E-state index contributed by atoms with van der Waals surface area (Å²) in [6.45, 7) is 3.02. The van der Waals surface area contributed by atoms with E-state index in [1.807, 2.05) is 0 Å². The number of aliphatic hydroxyl groups excluding tert-OH is 1. The Morgan fingerprint density at radius 3 is 2.86 bits per heavy atom. The fraction of sp³-hybridized carbons (Fsp3) is 0.778. The number of hydrogen-bond donors (Lipinski definition) is 2. The standard InChI is InChI=1S/C9H16N2O3/c1-7-6-11(4-2-3-5-12)9(14)10-8(7)13/h7,12H,2-6H2,1H3,(H,10,13,14). The van der Waals surface area contributed by atoms with Gasteiger partial charge >= 0.3 is 6.03 Å². The average molecular weight is 200 g/mol. The van der Waals surface area contributed by atoms with Crippen LogP contribution in [-0.2, 0) is 4.79 Å². The molecule has 0 aromatic carbocycles. The number of carbonyl (C=O) groups excluding carboxylic acids is 2. The number of rotatable bonds is 4. The van der Waals surface area contributed by atoms with Crippen molar-refractivity contribution < 1.29 is 14.7 Å². The van der Waals surface area contributed by atoms with E-state index in [1.54, 1.807) is 11.8 Å². The number of carbonyl (C=O) groups is 2. The molecular formula is C9H16N2O3. The van der Waals surface area contributed by atoms with Crippen molar-refractivity contribution in [1.29, 1.82) is 0 Å². The summed E-state index contributed by atoms with van der Waals surface area (Å²) in [5.74, 6) is -0.338. The lowest BCUT2D eigenvalue weighted by Crippen LogP contribution is -2.53. The number of unbranched alkanes of at least 4 members (excludes halogenated alkanes) is 1. The van der Waals surface area contributed by atoms with E-state index < -0.39 is 0 Å². The zero-order valence-electron chi connectivity index (χ0n) is 8.32. The van der Waals surface area contributed by atoms with E-state index in [1.165, 1.54) is 0 Å². The van der Waals surface area contributed by atoms with Crippen LogP contribution in [0.4, 0.5) is 4.79 Å². The topological polar surface area (TPSA) is 69.6 Å². The predicted molar refractivity (Wildman–Crippen MR) is 50.6 cm³/mol. The molecule has 0 aromatic rings. The maximum Gasteiger partial charge on any atom is 0.324 e. The van der Waals surface area contributed by atoms with Crippen molar-refractivity contribution in [3.63, 3.8) is 0 Å². The fourth-order valence-electron chi connectivity index (χ4n) is 1.41. The van der Waals surface area contributed by atoms with Crippen molar-refractivity contribution in [3.8, 4) is 0 Å². The van der Waals surface area contributed by atoms with Gasteiger partial charge in [-0.25, -0.2) is 4.79 Å². The summed E-state index contributed by atoms with van der Waals surface area (Å²) in [5, 5.41) is 10.9. The van der Waals surface area contributed by atoms with Gasteiger partial charge < -0.3 is 10.0 Å². The maximum absolute atomic E-state index is 11.3. The van der Waals surface area contributed by atoms with E-state index in [-0.39, 0.29) is 24.5 Å². The first kappa shape index (κ1) is 11.0. The average Bonchev–Trinajstić information content (AvgIpc) is 2.14. The molecule has 0 bridgehead atoms. The lowest BCUT2D eigenvalue weighted by atomic mass is 10.1. The molecule has 1 heterocycles. The van der Waals surface area contributed by atoms with Crippen molar-refractivity contribution in [2.24, 2.45) is 5.92 Å². The van der Waals surface area contributed by atoms with Crippen LogP contribution in [0, 0.1) is 5.92 Å². The lowest BCUT2D eigenvalue weighted by molar-refractivity contribution is -0.125. The van der Waals surface area contributed by atoms with E-state index in [0.717, 1.165) is 6.42 Å². The Labute approximate surface area is 83.1 Å². The van der Waals surface area contributed by atoms with Gasteiger partial charge in [0, 0.05) is 19.7 Å². The van der Waals surface area contributed by atoms with Gasteiger partial charge in [-0.15, -0.1) is 0 Å². The molecule has 1 fully saturated rings. The highest BCUT2D eigenvalue weighted by atomic mass is 16.3. The summed E-state index contributed by atoms with van der Waals surface area (Å²) in [4.78, 5) is 24.0. The molecule has 1 aliphatic heterocycles. The number of imide groups is 1. The minimum absolute atomic E-state index is 0.137. The molecule has 5 heteroatoms. The second kappa shape index (κ2) is 4.95. The van der Waals surface area contributed by atoms with Gasteiger partial charge in [0.05, 0.1) is 5.92 Å². The van der Waals surface area contributed by atoms with Crippen LogP contribution in [0.3, 0.4) is 0 Å². The molecule has 80 valence electrons. The van der Waals surface area contributed by atoms with Crippen LogP contribution in [0.25, 0.3) is 0 Å². The Morgan fingerprint density at radius 2 is 2.21 bits per heavy atom. The minimum atomic E-state index is -0.314. The molecule has 3 amide bonds. The molecule has 14 heavy (non-hydrogen) atoms. The largest absolute Gasteiger partial charge is 0.396 e. The summed E-state index contributed by atoms with van der Waals surface area (Å²) < 4.78 is 0. The van der Waals surface area contributed by atoms with Crippen LogP contribution in [0.5, 0.6) is 0 Å². The summed E-state index contributed by atoms with van der Waals surface area (Å²) in [6.07, 6.45) is 1.46. The number of urea groups is 1. The van der Waals surface area contributed by atoms with Gasteiger partial charge in [-0.05, 0) is 12.8 Å². The first-order chi connectivity index (χ1) is 6.65. The number of hydrogen-bond acceptors (Lipinski definition) is 3. The minimum Gasteiger partial charge on any atom is -0.396 e. The molecule has 0 radical (unpaired) electrons. The molecule has 1 atom stereocenters. The van der Waals surface area contributed by atoms with Gasteiger partial charge in [-0.1, -0.05) is 6.92 Å². The maximum atomic E-state index is 11.3. The van der Waals surface area contributed by atoms with Crippen LogP contribution in [-0.4, -0.2) is 41.6 Å². The zero-order chi connectivity index (χ0) is 10.6. The van der Waals surface area contributed by atoms with Crippen molar-refractivity contribution >= 4 is 11.9 Å². The Kier molecular flexibility index (Phi) is 3.88. The second-order valence-electron chi connectivity index (χ2n) is 3.57. The van der Waals surface area contributed by atoms with Gasteiger partial charge in [-0.3, -0.25) is 10.1 Å². The molecular weight excluding hydrogens is 184 g/mol. The third-order valence-corrected chi connectivity index (χ3v) is 2.30. The Hall–Kier alpha value is -1.10. The molecule has 1 saturated heterocycles. The summed E-state index contributed by atoms with van der Waals surface area (Å²) in [6, 6.07) is -0.314. The van der Waals surface area contributed by atoms with Crippen molar-refractivity contribution in [3.05, 3.63) is 0 Å². The van der Waals surface area contributed by atoms with E-state index in [9.17, 15) is 9.59 Å². The van der Waals surface area contributed by atoms with E-state index >= 15 is 0 Å². The normalized spacial score (nSPS) is 22.4. The number of amides is 3. The predicted octanol–water partition coefficient (Wildman–Crippen LogP) is -0.0532. The quantitative estimate of drug-likeness (QED) is 0.625. The van der Waals surface area contributed by atoms with E-state index in [4.69, 9.17) is 5.11 Å². The number of aliphatic hydroxyl groups is 1. The SMILES string of the molecule is CC1CN(CCCCO)C(=O)NC1=O. The lowest BCUT2D eigenvalue weighted by Gasteiger charge is -2.30. The monoisotopic (exact) mass is 200 g/mol. The molecule has 2 N–H and O–H groups in total. The Balaban J connectivity index is 2.37. The van der Waals surface area contributed by atoms with Crippen LogP contribution in [0.1, 0.15) is 19.8 Å². The highest BCUT2D eigenvalue weighted by Crippen LogP contribution is 2.08. The van der Waals surface area contributed by atoms with Crippen molar-refractivity contribution in [2.45, 2.75) is 19.8 Å². The van der Waals surface area contributed by atoms with Crippen molar-refractivity contribution in [2.75, 3.05) is 19.7 Å². The smallest absolute Gasteiger partial charge is 0.324 e. The van der Waals surface area contributed by atoms with Gasteiger partial charge in [-0.2, -0.15) is 0 Å². The molecule has 0 aliphatic carbocycles.